The molecule has 366 valence electrons. The van der Waals surface area contributed by atoms with Crippen molar-refractivity contribution in [2.24, 2.45) is 0 Å². The summed E-state index contributed by atoms with van der Waals surface area (Å²) < 4.78 is 2.81. The average molecular weight is 1030 g/mol. The molecule has 11 rings (SSSR count). The van der Waals surface area contributed by atoms with Gasteiger partial charge in [0.25, 0.3) is 0 Å². The first-order valence-corrected chi connectivity index (χ1v) is 31.0. The largest absolute Gasteiger partial charge is 0.355 e. The number of hydrogen-bond donors (Lipinski definition) is 1. The average Bonchev–Trinajstić information content (AvgIpc) is 1.66. The third-order valence-corrected chi connectivity index (χ3v) is 23.8. The minimum absolute atomic E-state index is 0.901. The first-order chi connectivity index (χ1) is 38.8. The SMILES string of the molecule is Bc1cc(Bc2c(B)c(B)c(B)c3c2[nH]c2c(B)c(B)c(-c4c(B)c(B)c5c(c4B)c4c6c(B)c(B)c(B)c(B)c6c(B)c(B)c4n5-c4c(B)c(B)c(B)c(-c5c(B)c(B)c6c(B)c(B)c(B)c(B)c6c5B)c4B)c(B)c23)c(B)c(B)c1B. The van der Waals surface area contributed by atoms with Gasteiger partial charge in [0.15, 0.2) is 7.28 Å². The Hall–Kier alpha value is -4.89. The number of rotatable bonds is 5. The molecule has 83 heavy (non-hydrogen) atoms. The first kappa shape index (κ1) is 59.8. The normalized spacial score (nSPS) is 11.9. The molecule has 0 aliphatic heterocycles. The van der Waals surface area contributed by atoms with E-state index >= 15 is 0 Å². The van der Waals surface area contributed by atoms with Crippen LogP contribution in [0.4, 0.5) is 0 Å². The van der Waals surface area contributed by atoms with Crippen molar-refractivity contribution in [1.29, 1.82) is 0 Å². The Morgan fingerprint density at radius 2 is 0.578 bits per heavy atom. The predicted molar refractivity (Wildman–Crippen MR) is 474 cm³/mol. The summed E-state index contributed by atoms with van der Waals surface area (Å²) in [4.78, 5) is 4.19. The number of benzene rings is 9. The Balaban J connectivity index is 1.32. The molecule has 0 spiro atoms. The summed E-state index contributed by atoms with van der Waals surface area (Å²) in [7, 11) is 72.4. The van der Waals surface area contributed by atoms with Crippen LogP contribution in [0.5, 0.6) is 0 Å². The van der Waals surface area contributed by atoms with Crippen molar-refractivity contribution in [1.82, 2.24) is 9.55 Å². The van der Waals surface area contributed by atoms with E-state index in [9.17, 15) is 0 Å². The second kappa shape index (κ2) is 20.4. The van der Waals surface area contributed by atoms with Crippen molar-refractivity contribution in [2.45, 2.75) is 0 Å². The fraction of sp³-hybridized carbons (Fsp3) is 0. The maximum atomic E-state index is 4.19. The van der Waals surface area contributed by atoms with Gasteiger partial charge < -0.3 is 9.55 Å². The van der Waals surface area contributed by atoms with Gasteiger partial charge in [-0.1, -0.05) is 137 Å². The highest BCUT2D eigenvalue weighted by Gasteiger charge is 2.32. The zero-order valence-electron chi connectivity index (χ0n) is 56.7. The van der Waals surface area contributed by atoms with Gasteiger partial charge in [-0.3, -0.25) is 0 Å². The maximum absolute atomic E-state index is 4.19. The number of hydrogen-bond acceptors (Lipinski definition) is 0. The third-order valence-electron chi connectivity index (χ3n) is 23.8. The van der Waals surface area contributed by atoms with E-state index in [1.54, 1.807) is 0 Å². The molecule has 2 nitrogen and oxygen atoms in total. The van der Waals surface area contributed by atoms with Crippen LogP contribution in [-0.4, -0.2) is 252 Å². The van der Waals surface area contributed by atoms with Crippen LogP contribution < -0.4 is 175 Å². The van der Waals surface area contributed by atoms with Crippen LogP contribution in [0.15, 0.2) is 6.07 Å². The lowest BCUT2D eigenvalue weighted by Crippen LogP contribution is -2.59. The number of aromatic amines is 1. The molecule has 0 aliphatic carbocycles. The molecule has 0 saturated carbocycles. The van der Waals surface area contributed by atoms with Gasteiger partial charge in [-0.25, -0.2) is 0 Å². The lowest BCUT2D eigenvalue weighted by molar-refractivity contribution is 1.22. The lowest BCUT2D eigenvalue weighted by atomic mass is 9.51. The first-order valence-electron chi connectivity index (χ1n) is 31.0. The quantitative estimate of drug-likeness (QED) is 0.166. The van der Waals surface area contributed by atoms with E-state index in [4.69, 9.17) is 0 Å². The van der Waals surface area contributed by atoms with Gasteiger partial charge in [-0.05, 0) is 49.2 Å². The zero-order chi connectivity index (χ0) is 61.0. The molecule has 0 aliphatic rings. The number of nitrogens with zero attached hydrogens (tertiary/aromatic N) is 1. The fourth-order valence-corrected chi connectivity index (χ4v) is 16.9. The predicted octanol–water partition coefficient (Wildman–Crippen LogP) is -40.8. The van der Waals surface area contributed by atoms with Gasteiger partial charge in [0.05, 0.1) is 0 Å². The van der Waals surface area contributed by atoms with Gasteiger partial charge in [0.2, 0.25) is 0 Å². The van der Waals surface area contributed by atoms with Crippen LogP contribution in [0.25, 0.3) is 93.1 Å². The molecule has 11 aromatic rings. The van der Waals surface area contributed by atoms with Crippen molar-refractivity contribution in [2.75, 3.05) is 0 Å². The van der Waals surface area contributed by atoms with Crippen LogP contribution >= 0.6 is 0 Å². The van der Waals surface area contributed by atoms with E-state index in [-0.39, 0.29) is 0 Å². The highest BCUT2D eigenvalue weighted by atomic mass is 15.0. The molecule has 0 radical (unpaired) electrons. The number of nitrogens with one attached hydrogen (secondary N) is 1. The van der Waals surface area contributed by atoms with Crippen LogP contribution in [0.1, 0.15) is 0 Å². The summed E-state index contributed by atoms with van der Waals surface area (Å²) in [6.07, 6.45) is 0. The lowest BCUT2D eigenvalue weighted by Gasteiger charge is -2.30. The number of aromatic nitrogens is 2. The maximum Gasteiger partial charge on any atom is 0.193 e. The van der Waals surface area contributed by atoms with Crippen molar-refractivity contribution < 1.29 is 0 Å². The molecule has 0 unspecified atom stereocenters. The summed E-state index contributed by atoms with van der Waals surface area (Å²) in [5, 5.41) is 11.2. The molecule has 2 aromatic heterocycles. The van der Waals surface area contributed by atoms with E-state index in [1.165, 1.54) is 268 Å². The van der Waals surface area contributed by atoms with Crippen molar-refractivity contribution in [3.63, 3.8) is 0 Å². The van der Waals surface area contributed by atoms with E-state index in [0.29, 0.717) is 0 Å². The van der Waals surface area contributed by atoms with Gasteiger partial charge in [-0.2, -0.15) is 0 Å². The molecule has 0 atom stereocenters. The Kier molecular flexibility index (Phi) is 14.7. The highest BCUT2D eigenvalue weighted by molar-refractivity contribution is 6.83. The molecular weight excluding hydrogens is 964 g/mol. The van der Waals surface area contributed by atoms with Gasteiger partial charge in [-0.15, -0.1) is 43.7 Å². The van der Waals surface area contributed by atoms with Gasteiger partial charge >= 0.3 is 0 Å². The molecule has 0 bridgehead atoms. The van der Waals surface area contributed by atoms with E-state index in [2.05, 4.69) is 251 Å². The second-order valence-corrected chi connectivity index (χ2v) is 26.9. The van der Waals surface area contributed by atoms with E-state index in [1.807, 2.05) is 0 Å². The Morgan fingerprint density at radius 3 is 1.13 bits per heavy atom. The summed E-state index contributed by atoms with van der Waals surface area (Å²) in [5.74, 6) is 0. The van der Waals surface area contributed by atoms with Gasteiger partial charge in [0.1, 0.15) is 235 Å². The smallest absolute Gasteiger partial charge is 0.193 e. The third kappa shape index (κ3) is 7.87. The minimum Gasteiger partial charge on any atom is -0.355 e. The number of H-pyrrole nitrogens is 1. The van der Waals surface area contributed by atoms with Gasteiger partial charge in [0, 0.05) is 43.9 Å². The molecule has 1 N–H and O–H groups in total. The zero-order valence-corrected chi connectivity index (χ0v) is 56.7. The topological polar surface area (TPSA) is 20.7 Å². The summed E-state index contributed by atoms with van der Waals surface area (Å²) in [5.41, 5.74) is 56.6. The molecular formula is C50H63B31N2. The standard InChI is InChI=1S/C50H63B31N2/c51-2-1-3(17(53)33(69)16(2)52)81-45-40(76)38(74)31(67)14-13-19(55)7(28(64)41(77)46(13)82-47(14)45)8-20(56)15-5-4-6(24(60)35(71)34(70)21(4)57)29(65)42(78)48(5)83(49(15)43(79)30(8)66)50-32(68)12(27(63)39(75)44(50)80)10-18(54)9-11(23(59)22(10)58)26(62)37(73)36(72)25(9)61/h1,81-82H,51-80H2. The second-order valence-electron chi connectivity index (χ2n) is 26.9. The van der Waals surface area contributed by atoms with Crippen LogP contribution in [0, 0.1) is 0 Å². The minimum atomic E-state index is 0.901. The van der Waals surface area contributed by atoms with Crippen LogP contribution in [0.3, 0.4) is 0 Å². The van der Waals surface area contributed by atoms with E-state index in [0.717, 1.165) is 7.28 Å². The Labute approximate surface area is 522 Å². The van der Waals surface area contributed by atoms with Crippen molar-refractivity contribution in [3.05, 3.63) is 6.07 Å². The Morgan fingerprint density at radius 1 is 0.241 bits per heavy atom. The molecule has 9 aromatic carbocycles. The molecule has 0 saturated heterocycles. The summed E-state index contributed by atoms with van der Waals surface area (Å²) >= 11 is 0. The molecule has 0 amide bonds. The van der Waals surface area contributed by atoms with Crippen molar-refractivity contribution in [3.8, 4) is 27.9 Å². The Bertz CT molecular complexity index is 4940. The monoisotopic (exact) mass is 1030 g/mol. The van der Waals surface area contributed by atoms with Crippen molar-refractivity contribution >= 4 is 483 Å². The highest BCUT2D eigenvalue weighted by Crippen LogP contribution is 2.34. The molecule has 2 heterocycles. The van der Waals surface area contributed by atoms with E-state index < -0.39 is 0 Å². The van der Waals surface area contributed by atoms with Crippen LogP contribution in [-0.2, 0) is 0 Å². The number of fused-ring (bicyclic) bond motifs is 9. The molecule has 33 heteroatoms. The van der Waals surface area contributed by atoms with Crippen LogP contribution in [0.2, 0.25) is 0 Å². The summed E-state index contributed by atoms with van der Waals surface area (Å²) in [6.45, 7) is 0. The molecule has 0 fully saturated rings. The summed E-state index contributed by atoms with van der Waals surface area (Å²) in [6, 6.07) is 2.45. The fourth-order valence-electron chi connectivity index (χ4n) is 16.9.